The molecule has 2 amide bonds. The molecular weight excluding hydrogens is 272 g/mol. The van der Waals surface area contributed by atoms with E-state index < -0.39 is 11.8 Å². The molecule has 0 saturated heterocycles. The first-order valence-electron chi connectivity index (χ1n) is 6.88. The highest BCUT2D eigenvalue weighted by Gasteiger charge is 2.22. The van der Waals surface area contributed by atoms with E-state index in [1.165, 1.54) is 4.90 Å². The first kappa shape index (κ1) is 17.0. The summed E-state index contributed by atoms with van der Waals surface area (Å²) in [6, 6.07) is 6.97. The Hall–Kier alpha value is -2.08. The first-order valence-corrected chi connectivity index (χ1v) is 6.88. The first-order chi connectivity index (χ1) is 10.0. The second-order valence-electron chi connectivity index (χ2n) is 4.58. The minimum absolute atomic E-state index is 0.152. The number of hydrogen-bond acceptors (Lipinski definition) is 4. The van der Waals surface area contributed by atoms with Gasteiger partial charge in [-0.2, -0.15) is 0 Å². The standard InChI is InChI=1S/C15H22N2O4/c1-4-17(9-10-18)15(20)14(19)16-11(2)12-5-7-13(21-3)8-6-12/h5-8,11,18H,4,9-10H2,1-3H3,(H,16,19). The molecule has 0 saturated carbocycles. The summed E-state index contributed by atoms with van der Waals surface area (Å²) in [5.74, 6) is -0.575. The zero-order valence-corrected chi connectivity index (χ0v) is 12.6. The number of nitrogens with zero attached hydrogens (tertiary/aromatic N) is 1. The van der Waals surface area contributed by atoms with Gasteiger partial charge in [0.25, 0.3) is 0 Å². The van der Waals surface area contributed by atoms with Crippen molar-refractivity contribution in [3.05, 3.63) is 29.8 Å². The molecule has 1 aromatic rings. The van der Waals surface area contributed by atoms with E-state index in [1.54, 1.807) is 33.1 Å². The van der Waals surface area contributed by atoms with Crippen LogP contribution in [0, 0.1) is 0 Å². The van der Waals surface area contributed by atoms with E-state index in [4.69, 9.17) is 9.84 Å². The van der Waals surface area contributed by atoms with Crippen LogP contribution in [0.5, 0.6) is 5.75 Å². The molecule has 0 aliphatic rings. The Morgan fingerprint density at radius 3 is 2.43 bits per heavy atom. The number of hydrogen-bond donors (Lipinski definition) is 2. The highest BCUT2D eigenvalue weighted by molar-refractivity contribution is 6.35. The monoisotopic (exact) mass is 294 g/mol. The molecule has 0 bridgehead atoms. The van der Waals surface area contributed by atoms with Gasteiger partial charge in [-0.25, -0.2) is 0 Å². The number of carbonyl (C=O) groups excluding carboxylic acids is 2. The van der Waals surface area contributed by atoms with E-state index in [9.17, 15) is 9.59 Å². The molecule has 0 heterocycles. The number of amides is 2. The number of carbonyl (C=O) groups is 2. The fourth-order valence-corrected chi connectivity index (χ4v) is 1.90. The molecular formula is C15H22N2O4. The molecule has 0 spiro atoms. The molecule has 1 rings (SSSR count). The van der Waals surface area contributed by atoms with Crippen LogP contribution < -0.4 is 10.1 Å². The number of likely N-dealkylation sites (N-methyl/N-ethyl adjacent to an activating group) is 1. The van der Waals surface area contributed by atoms with E-state index in [0.717, 1.165) is 11.3 Å². The molecule has 0 radical (unpaired) electrons. The van der Waals surface area contributed by atoms with Crippen LogP contribution in [0.3, 0.4) is 0 Å². The van der Waals surface area contributed by atoms with Gasteiger partial charge in [0.1, 0.15) is 5.75 Å². The van der Waals surface area contributed by atoms with Crippen LogP contribution in [-0.2, 0) is 9.59 Å². The van der Waals surface area contributed by atoms with Crippen molar-refractivity contribution in [2.45, 2.75) is 19.9 Å². The summed E-state index contributed by atoms with van der Waals surface area (Å²) in [4.78, 5) is 25.1. The zero-order valence-electron chi connectivity index (χ0n) is 12.6. The number of benzene rings is 1. The van der Waals surface area contributed by atoms with Crippen molar-refractivity contribution < 1.29 is 19.4 Å². The summed E-state index contributed by atoms with van der Waals surface area (Å²) < 4.78 is 5.07. The molecule has 1 aromatic carbocycles. The number of aliphatic hydroxyl groups is 1. The smallest absolute Gasteiger partial charge is 0.311 e. The topological polar surface area (TPSA) is 78.9 Å². The molecule has 0 aromatic heterocycles. The van der Waals surface area contributed by atoms with Gasteiger partial charge in [0.15, 0.2) is 0 Å². The van der Waals surface area contributed by atoms with E-state index in [-0.39, 0.29) is 19.2 Å². The Morgan fingerprint density at radius 2 is 1.95 bits per heavy atom. The van der Waals surface area contributed by atoms with E-state index in [2.05, 4.69) is 5.32 Å². The summed E-state index contributed by atoms with van der Waals surface area (Å²) in [7, 11) is 1.58. The molecule has 0 aliphatic heterocycles. The summed E-state index contributed by atoms with van der Waals surface area (Å²) >= 11 is 0. The Balaban J connectivity index is 2.65. The molecule has 6 heteroatoms. The summed E-state index contributed by atoms with van der Waals surface area (Å²) in [5.41, 5.74) is 0.877. The van der Waals surface area contributed by atoms with Crippen LogP contribution >= 0.6 is 0 Å². The molecule has 0 aliphatic carbocycles. The average molecular weight is 294 g/mol. The maximum absolute atomic E-state index is 11.9. The Bertz CT molecular complexity index is 473. The van der Waals surface area contributed by atoms with Gasteiger partial charge in [-0.15, -0.1) is 0 Å². The Morgan fingerprint density at radius 1 is 1.33 bits per heavy atom. The van der Waals surface area contributed by atoms with Gasteiger partial charge >= 0.3 is 11.8 Å². The van der Waals surface area contributed by atoms with Crippen LogP contribution in [0.25, 0.3) is 0 Å². The lowest BCUT2D eigenvalue weighted by Crippen LogP contribution is -2.44. The predicted octanol–water partition coefficient (Wildman–Crippen LogP) is 0.713. The van der Waals surface area contributed by atoms with E-state index in [0.29, 0.717) is 6.54 Å². The minimum Gasteiger partial charge on any atom is -0.497 e. The SMILES string of the molecule is CCN(CCO)C(=O)C(=O)NC(C)c1ccc(OC)cc1. The average Bonchev–Trinajstić information content (AvgIpc) is 2.51. The van der Waals surface area contributed by atoms with Gasteiger partial charge < -0.3 is 20.1 Å². The van der Waals surface area contributed by atoms with Crippen LogP contribution in [0.15, 0.2) is 24.3 Å². The van der Waals surface area contributed by atoms with Gasteiger partial charge in [0.2, 0.25) is 0 Å². The number of rotatable bonds is 6. The second kappa shape index (κ2) is 8.26. The number of nitrogens with one attached hydrogen (secondary N) is 1. The van der Waals surface area contributed by atoms with Gasteiger partial charge in [-0.3, -0.25) is 9.59 Å². The van der Waals surface area contributed by atoms with Crippen molar-refractivity contribution in [3.8, 4) is 5.75 Å². The summed E-state index contributed by atoms with van der Waals surface area (Å²) in [5, 5.41) is 11.5. The van der Waals surface area contributed by atoms with Gasteiger partial charge in [0.05, 0.1) is 19.8 Å². The normalized spacial score (nSPS) is 11.6. The lowest BCUT2D eigenvalue weighted by Gasteiger charge is -2.21. The third kappa shape index (κ3) is 4.75. The maximum Gasteiger partial charge on any atom is 0.311 e. The Labute approximate surface area is 124 Å². The largest absolute Gasteiger partial charge is 0.497 e. The molecule has 21 heavy (non-hydrogen) atoms. The quantitative estimate of drug-likeness (QED) is 0.758. The van der Waals surface area contributed by atoms with E-state index in [1.807, 2.05) is 12.1 Å². The van der Waals surface area contributed by atoms with Crippen molar-refractivity contribution >= 4 is 11.8 Å². The van der Waals surface area contributed by atoms with Crippen molar-refractivity contribution in [2.24, 2.45) is 0 Å². The fourth-order valence-electron chi connectivity index (χ4n) is 1.90. The van der Waals surface area contributed by atoms with Crippen LogP contribution in [0.1, 0.15) is 25.5 Å². The third-order valence-electron chi connectivity index (χ3n) is 3.20. The molecule has 6 nitrogen and oxygen atoms in total. The predicted molar refractivity (Wildman–Crippen MR) is 78.9 cm³/mol. The Kier molecular flexibility index (Phi) is 6.68. The van der Waals surface area contributed by atoms with Crippen molar-refractivity contribution in [2.75, 3.05) is 26.8 Å². The summed E-state index contributed by atoms with van der Waals surface area (Å²) in [6.45, 7) is 3.92. The molecule has 0 fully saturated rings. The molecule has 116 valence electrons. The van der Waals surface area contributed by atoms with Gasteiger partial charge in [-0.1, -0.05) is 12.1 Å². The molecule has 1 atom stereocenters. The number of aliphatic hydroxyl groups excluding tert-OH is 1. The second-order valence-corrected chi connectivity index (χ2v) is 4.58. The fraction of sp³-hybridized carbons (Fsp3) is 0.467. The zero-order chi connectivity index (χ0) is 15.8. The highest BCUT2D eigenvalue weighted by Crippen LogP contribution is 2.17. The van der Waals surface area contributed by atoms with Crippen LogP contribution in [0.4, 0.5) is 0 Å². The number of methoxy groups -OCH3 is 1. The number of ether oxygens (including phenoxy) is 1. The third-order valence-corrected chi connectivity index (χ3v) is 3.20. The highest BCUT2D eigenvalue weighted by atomic mass is 16.5. The van der Waals surface area contributed by atoms with E-state index >= 15 is 0 Å². The van der Waals surface area contributed by atoms with Crippen LogP contribution in [0.2, 0.25) is 0 Å². The van der Waals surface area contributed by atoms with Gasteiger partial charge in [0, 0.05) is 13.1 Å². The minimum atomic E-state index is -0.673. The van der Waals surface area contributed by atoms with Crippen molar-refractivity contribution in [3.63, 3.8) is 0 Å². The van der Waals surface area contributed by atoms with Crippen molar-refractivity contribution in [1.29, 1.82) is 0 Å². The molecule has 2 N–H and O–H groups in total. The lowest BCUT2D eigenvalue weighted by atomic mass is 10.1. The van der Waals surface area contributed by atoms with Crippen molar-refractivity contribution in [1.82, 2.24) is 10.2 Å². The lowest BCUT2D eigenvalue weighted by molar-refractivity contribution is -0.146. The van der Waals surface area contributed by atoms with Gasteiger partial charge in [-0.05, 0) is 31.5 Å². The summed E-state index contributed by atoms with van der Waals surface area (Å²) in [6.07, 6.45) is 0. The van der Waals surface area contributed by atoms with Crippen LogP contribution in [-0.4, -0.2) is 48.6 Å². The maximum atomic E-state index is 11.9. The molecule has 1 unspecified atom stereocenters.